The minimum absolute atomic E-state index is 0.141. The first-order valence-electron chi connectivity index (χ1n) is 9.59. The summed E-state index contributed by atoms with van der Waals surface area (Å²) in [7, 11) is 0. The smallest absolute Gasteiger partial charge is 0.319 e. The minimum Gasteiger partial charge on any atom is -0.338 e. The molecule has 1 aliphatic rings. The highest BCUT2D eigenvalue weighted by Crippen LogP contribution is 2.20. The predicted molar refractivity (Wildman–Crippen MR) is 107 cm³/mol. The first-order chi connectivity index (χ1) is 13.0. The Morgan fingerprint density at radius 3 is 2.52 bits per heavy atom. The summed E-state index contributed by atoms with van der Waals surface area (Å²) in [6, 6.07) is 12.5. The summed E-state index contributed by atoms with van der Waals surface area (Å²) in [4.78, 5) is 14.6. The molecule has 0 aromatic heterocycles. The molecule has 4 nitrogen and oxygen atoms in total. The van der Waals surface area contributed by atoms with Crippen LogP contribution < -0.4 is 10.6 Å². The highest BCUT2D eigenvalue weighted by atomic mass is 19.1. The van der Waals surface area contributed by atoms with E-state index in [2.05, 4.69) is 15.5 Å². The fourth-order valence-electron chi connectivity index (χ4n) is 3.49. The van der Waals surface area contributed by atoms with Gasteiger partial charge in [-0.25, -0.2) is 9.18 Å². The second-order valence-corrected chi connectivity index (χ2v) is 7.43. The molecule has 144 valence electrons. The quantitative estimate of drug-likeness (QED) is 0.816. The maximum absolute atomic E-state index is 13.0. The molecule has 0 aliphatic carbocycles. The van der Waals surface area contributed by atoms with E-state index in [1.54, 1.807) is 0 Å². The van der Waals surface area contributed by atoms with Crippen LogP contribution in [0.1, 0.15) is 29.5 Å². The normalized spacial score (nSPS) is 15.5. The van der Waals surface area contributed by atoms with E-state index in [0.717, 1.165) is 49.3 Å². The lowest BCUT2D eigenvalue weighted by Gasteiger charge is -2.32. The van der Waals surface area contributed by atoms with Gasteiger partial charge in [0.15, 0.2) is 0 Å². The lowest BCUT2D eigenvalue weighted by molar-refractivity contribution is 0.175. The van der Waals surface area contributed by atoms with Crippen molar-refractivity contribution in [3.05, 3.63) is 65.0 Å². The number of carbonyl (C=O) groups is 1. The lowest BCUT2D eigenvalue weighted by atomic mass is 9.96. The Hall–Kier alpha value is -2.40. The fourth-order valence-corrected chi connectivity index (χ4v) is 3.49. The van der Waals surface area contributed by atoms with Gasteiger partial charge in [-0.1, -0.05) is 24.3 Å². The molecule has 0 saturated carbocycles. The van der Waals surface area contributed by atoms with E-state index >= 15 is 0 Å². The van der Waals surface area contributed by atoms with Crippen LogP contribution in [-0.2, 0) is 6.54 Å². The van der Waals surface area contributed by atoms with E-state index in [1.807, 2.05) is 44.2 Å². The molecule has 1 heterocycles. The van der Waals surface area contributed by atoms with E-state index in [9.17, 15) is 9.18 Å². The molecule has 2 amide bonds. The van der Waals surface area contributed by atoms with Crippen LogP contribution in [0.4, 0.5) is 14.9 Å². The van der Waals surface area contributed by atoms with Gasteiger partial charge in [0.2, 0.25) is 0 Å². The summed E-state index contributed by atoms with van der Waals surface area (Å²) in [5.74, 6) is 0.307. The monoisotopic (exact) mass is 369 g/mol. The van der Waals surface area contributed by atoms with Crippen molar-refractivity contribution < 1.29 is 9.18 Å². The van der Waals surface area contributed by atoms with Crippen LogP contribution in [0.2, 0.25) is 0 Å². The maximum atomic E-state index is 13.0. The zero-order valence-electron chi connectivity index (χ0n) is 16.1. The van der Waals surface area contributed by atoms with Gasteiger partial charge >= 0.3 is 6.03 Å². The van der Waals surface area contributed by atoms with Crippen LogP contribution in [0, 0.1) is 25.6 Å². The summed E-state index contributed by atoms with van der Waals surface area (Å²) in [5.41, 5.74) is 4.27. The van der Waals surface area contributed by atoms with Crippen molar-refractivity contribution in [3.63, 3.8) is 0 Å². The number of nitrogens with zero attached hydrogens (tertiary/aromatic N) is 1. The number of nitrogens with one attached hydrogen (secondary N) is 2. The van der Waals surface area contributed by atoms with Crippen LogP contribution in [0.15, 0.2) is 42.5 Å². The third-order valence-electron chi connectivity index (χ3n) is 5.43. The molecule has 2 aromatic carbocycles. The van der Waals surface area contributed by atoms with Gasteiger partial charge in [-0.15, -0.1) is 0 Å². The Balaban J connectivity index is 1.39. The number of hydrogen-bond acceptors (Lipinski definition) is 2. The number of benzene rings is 2. The maximum Gasteiger partial charge on any atom is 0.319 e. The molecule has 1 fully saturated rings. The first-order valence-corrected chi connectivity index (χ1v) is 9.59. The standard InChI is InChI=1S/C22H28FN3O/c1-16-4-3-5-21(17(16)2)25-22(27)24-14-18-10-12-26(13-11-18)15-19-6-8-20(23)9-7-19/h3-9,18H,10-15H2,1-2H3,(H2,24,25,27). The van der Waals surface area contributed by atoms with Gasteiger partial charge < -0.3 is 10.6 Å². The zero-order valence-corrected chi connectivity index (χ0v) is 16.1. The van der Waals surface area contributed by atoms with Crippen LogP contribution in [0.25, 0.3) is 0 Å². The summed E-state index contributed by atoms with van der Waals surface area (Å²) in [6.07, 6.45) is 2.12. The number of halogens is 1. The van der Waals surface area contributed by atoms with Crippen molar-refractivity contribution in [2.24, 2.45) is 5.92 Å². The van der Waals surface area contributed by atoms with E-state index in [-0.39, 0.29) is 11.8 Å². The number of hydrogen-bond donors (Lipinski definition) is 2. The molecule has 1 aliphatic heterocycles. The second kappa shape index (κ2) is 9.00. The zero-order chi connectivity index (χ0) is 19.2. The third kappa shape index (κ3) is 5.54. The van der Waals surface area contributed by atoms with Gasteiger partial charge in [-0.3, -0.25) is 4.90 Å². The van der Waals surface area contributed by atoms with Crippen LogP contribution in [0.5, 0.6) is 0 Å². The molecular formula is C22H28FN3O. The van der Waals surface area contributed by atoms with E-state index in [4.69, 9.17) is 0 Å². The number of aryl methyl sites for hydroxylation is 1. The number of carbonyl (C=O) groups excluding carboxylic acids is 1. The van der Waals surface area contributed by atoms with E-state index < -0.39 is 0 Å². The van der Waals surface area contributed by atoms with Crippen LogP contribution >= 0.6 is 0 Å². The molecule has 0 bridgehead atoms. The SMILES string of the molecule is Cc1cccc(NC(=O)NCC2CCN(Cc3ccc(F)cc3)CC2)c1C. The van der Waals surface area contributed by atoms with Gasteiger partial charge in [0.1, 0.15) is 5.82 Å². The summed E-state index contributed by atoms with van der Waals surface area (Å²) in [5, 5.41) is 5.95. The van der Waals surface area contributed by atoms with E-state index in [0.29, 0.717) is 12.5 Å². The van der Waals surface area contributed by atoms with Crippen molar-refractivity contribution in [3.8, 4) is 0 Å². The molecule has 0 spiro atoms. The Labute approximate surface area is 160 Å². The molecule has 5 heteroatoms. The number of rotatable bonds is 5. The first kappa shape index (κ1) is 19.4. The predicted octanol–water partition coefficient (Wildman–Crippen LogP) is 4.48. The average molecular weight is 369 g/mol. The number of amides is 2. The molecule has 0 unspecified atom stereocenters. The van der Waals surface area contributed by atoms with E-state index in [1.165, 1.54) is 17.7 Å². The molecule has 0 atom stereocenters. The molecule has 2 N–H and O–H groups in total. The van der Waals surface area contributed by atoms with Gasteiger partial charge in [0, 0.05) is 18.8 Å². The van der Waals surface area contributed by atoms with Crippen molar-refractivity contribution in [1.82, 2.24) is 10.2 Å². The molecule has 0 radical (unpaired) electrons. The molecular weight excluding hydrogens is 341 g/mol. The van der Waals surface area contributed by atoms with Gasteiger partial charge in [0.25, 0.3) is 0 Å². The number of urea groups is 1. The third-order valence-corrected chi connectivity index (χ3v) is 5.43. The Morgan fingerprint density at radius 1 is 1.11 bits per heavy atom. The number of anilines is 1. The van der Waals surface area contributed by atoms with Crippen LogP contribution in [0.3, 0.4) is 0 Å². The van der Waals surface area contributed by atoms with Gasteiger partial charge in [-0.2, -0.15) is 0 Å². The minimum atomic E-state index is -0.192. The fraction of sp³-hybridized carbons (Fsp3) is 0.409. The summed E-state index contributed by atoms with van der Waals surface area (Å²) >= 11 is 0. The van der Waals surface area contributed by atoms with Gasteiger partial charge in [0.05, 0.1) is 0 Å². The lowest BCUT2D eigenvalue weighted by Crippen LogP contribution is -2.39. The van der Waals surface area contributed by atoms with Crippen molar-refractivity contribution in [1.29, 1.82) is 0 Å². The molecule has 27 heavy (non-hydrogen) atoms. The number of likely N-dealkylation sites (tertiary alicyclic amines) is 1. The summed E-state index contributed by atoms with van der Waals surface area (Å²) < 4.78 is 13.0. The Morgan fingerprint density at radius 2 is 1.81 bits per heavy atom. The topological polar surface area (TPSA) is 44.4 Å². The molecule has 1 saturated heterocycles. The van der Waals surface area contributed by atoms with Crippen LogP contribution in [-0.4, -0.2) is 30.6 Å². The molecule has 2 aromatic rings. The highest BCUT2D eigenvalue weighted by molar-refractivity contribution is 5.90. The Bertz CT molecular complexity index is 768. The number of piperidine rings is 1. The summed E-state index contributed by atoms with van der Waals surface area (Å²) in [6.45, 7) is 7.61. The highest BCUT2D eigenvalue weighted by Gasteiger charge is 2.20. The van der Waals surface area contributed by atoms with Crippen molar-refractivity contribution in [2.45, 2.75) is 33.2 Å². The van der Waals surface area contributed by atoms with Crippen molar-refractivity contribution >= 4 is 11.7 Å². The second-order valence-electron chi connectivity index (χ2n) is 7.43. The average Bonchev–Trinajstić information content (AvgIpc) is 2.67. The van der Waals surface area contributed by atoms with Gasteiger partial charge in [-0.05, 0) is 80.6 Å². The largest absolute Gasteiger partial charge is 0.338 e. The molecule has 3 rings (SSSR count). The van der Waals surface area contributed by atoms with Crippen molar-refractivity contribution in [2.75, 3.05) is 25.0 Å². The Kier molecular flexibility index (Phi) is 6.45.